The van der Waals surface area contributed by atoms with Crippen molar-refractivity contribution in [2.75, 3.05) is 0 Å². The zero-order valence-electron chi connectivity index (χ0n) is 10.5. The summed E-state index contributed by atoms with van der Waals surface area (Å²) in [5, 5.41) is 0. The lowest BCUT2D eigenvalue weighted by Crippen LogP contribution is -2.24. The number of ether oxygens (including phenoxy) is 1. The number of hydrogen-bond acceptors (Lipinski definition) is 4. The van der Waals surface area contributed by atoms with Crippen LogP contribution in [0.2, 0.25) is 0 Å². The number of carbonyl (C=O) groups is 3. The minimum absolute atomic E-state index is 0.00869. The zero-order valence-corrected chi connectivity index (χ0v) is 10.5. The van der Waals surface area contributed by atoms with Crippen molar-refractivity contribution in [1.29, 1.82) is 0 Å². The van der Waals surface area contributed by atoms with E-state index in [4.69, 9.17) is 4.74 Å². The van der Waals surface area contributed by atoms with E-state index in [1.807, 2.05) is 0 Å². The van der Waals surface area contributed by atoms with Crippen LogP contribution in [-0.2, 0) is 19.1 Å². The summed E-state index contributed by atoms with van der Waals surface area (Å²) in [5.74, 6) is -0.449. The molecule has 0 aliphatic rings. The van der Waals surface area contributed by atoms with Crippen LogP contribution in [0.15, 0.2) is 0 Å². The Bertz CT molecular complexity index is 273. The van der Waals surface area contributed by atoms with Crippen molar-refractivity contribution in [2.45, 2.75) is 59.0 Å². The van der Waals surface area contributed by atoms with E-state index in [0.717, 1.165) is 0 Å². The maximum absolute atomic E-state index is 11.3. The van der Waals surface area contributed by atoms with E-state index < -0.39 is 5.60 Å². The third-order valence-corrected chi connectivity index (χ3v) is 1.78. The van der Waals surface area contributed by atoms with Crippen LogP contribution < -0.4 is 0 Å². The van der Waals surface area contributed by atoms with Gasteiger partial charge in [0.1, 0.15) is 17.2 Å². The Hall–Kier alpha value is -1.19. The van der Waals surface area contributed by atoms with Crippen LogP contribution in [-0.4, -0.2) is 23.1 Å². The summed E-state index contributed by atoms with van der Waals surface area (Å²) in [6, 6.07) is 0. The highest BCUT2D eigenvalue weighted by Gasteiger charge is 2.16. The predicted molar refractivity (Wildman–Crippen MR) is 60.0 cm³/mol. The molecular weight excluding hydrogens is 208 g/mol. The van der Waals surface area contributed by atoms with Gasteiger partial charge in [-0.2, -0.15) is 0 Å². The smallest absolute Gasteiger partial charge is 0.306 e. The minimum Gasteiger partial charge on any atom is -0.460 e. The molecule has 0 spiro atoms. The van der Waals surface area contributed by atoms with Gasteiger partial charge in [0, 0.05) is 19.3 Å². The normalized spacial score (nSPS) is 11.0. The molecule has 0 heterocycles. The Morgan fingerprint density at radius 1 is 0.938 bits per heavy atom. The molecule has 0 atom stereocenters. The van der Waals surface area contributed by atoms with Gasteiger partial charge in [0.2, 0.25) is 0 Å². The van der Waals surface area contributed by atoms with Crippen LogP contribution >= 0.6 is 0 Å². The second kappa shape index (κ2) is 6.40. The molecule has 0 rings (SSSR count). The molecule has 0 saturated carbocycles. The van der Waals surface area contributed by atoms with E-state index in [1.165, 1.54) is 6.92 Å². The SMILES string of the molecule is CC(=O)CCC(=O)CCC(=O)OC(C)(C)C. The molecule has 0 aromatic rings. The van der Waals surface area contributed by atoms with E-state index in [-0.39, 0.29) is 43.2 Å². The quantitative estimate of drug-likeness (QED) is 0.653. The number of esters is 1. The Morgan fingerprint density at radius 2 is 1.44 bits per heavy atom. The first-order chi connectivity index (χ1) is 7.20. The van der Waals surface area contributed by atoms with Gasteiger partial charge in [0.15, 0.2) is 0 Å². The summed E-state index contributed by atoms with van der Waals surface area (Å²) in [4.78, 5) is 33.1. The molecule has 0 unspecified atom stereocenters. The predicted octanol–water partition coefficient (Wildman–Crippen LogP) is 2.05. The summed E-state index contributed by atoms with van der Waals surface area (Å²) in [5.41, 5.74) is -0.514. The lowest BCUT2D eigenvalue weighted by Gasteiger charge is -2.19. The summed E-state index contributed by atoms with van der Waals surface area (Å²) < 4.78 is 5.06. The second-order valence-electron chi connectivity index (χ2n) is 4.83. The fraction of sp³-hybridized carbons (Fsp3) is 0.750. The average Bonchev–Trinajstić information content (AvgIpc) is 2.08. The first kappa shape index (κ1) is 14.8. The first-order valence-electron chi connectivity index (χ1n) is 5.43. The number of Topliss-reactive ketones (excluding diaryl/α,β-unsaturated/α-hetero) is 2. The van der Waals surface area contributed by atoms with Gasteiger partial charge in [-0.15, -0.1) is 0 Å². The Kier molecular flexibility index (Phi) is 5.93. The number of hydrogen-bond donors (Lipinski definition) is 0. The van der Waals surface area contributed by atoms with Gasteiger partial charge in [-0.1, -0.05) is 0 Å². The average molecular weight is 228 g/mol. The molecule has 0 N–H and O–H groups in total. The summed E-state index contributed by atoms with van der Waals surface area (Å²) in [7, 11) is 0. The first-order valence-corrected chi connectivity index (χ1v) is 5.43. The van der Waals surface area contributed by atoms with Crippen molar-refractivity contribution in [3.63, 3.8) is 0 Å². The van der Waals surface area contributed by atoms with Crippen molar-refractivity contribution in [3.8, 4) is 0 Å². The highest BCUT2D eigenvalue weighted by Crippen LogP contribution is 2.09. The Labute approximate surface area is 96.4 Å². The van der Waals surface area contributed by atoms with Crippen molar-refractivity contribution in [1.82, 2.24) is 0 Å². The molecule has 0 fully saturated rings. The van der Waals surface area contributed by atoms with E-state index in [1.54, 1.807) is 20.8 Å². The molecule has 0 amide bonds. The fourth-order valence-corrected chi connectivity index (χ4v) is 1.07. The van der Waals surface area contributed by atoms with Crippen LogP contribution in [0.5, 0.6) is 0 Å². The minimum atomic E-state index is -0.514. The van der Waals surface area contributed by atoms with Gasteiger partial charge >= 0.3 is 5.97 Å². The molecule has 16 heavy (non-hydrogen) atoms. The van der Waals surface area contributed by atoms with Crippen LogP contribution in [0.1, 0.15) is 53.4 Å². The number of carbonyl (C=O) groups excluding carboxylic acids is 3. The highest BCUT2D eigenvalue weighted by atomic mass is 16.6. The fourth-order valence-electron chi connectivity index (χ4n) is 1.07. The van der Waals surface area contributed by atoms with Crippen LogP contribution in [0.25, 0.3) is 0 Å². The van der Waals surface area contributed by atoms with Crippen LogP contribution in [0, 0.1) is 0 Å². The lowest BCUT2D eigenvalue weighted by atomic mass is 10.1. The number of rotatable bonds is 6. The van der Waals surface area contributed by atoms with Gasteiger partial charge < -0.3 is 9.53 Å². The molecule has 0 aromatic heterocycles. The molecule has 0 saturated heterocycles. The standard InChI is InChI=1S/C12H20O4/c1-9(13)5-6-10(14)7-8-11(15)16-12(2,3)4/h5-8H2,1-4H3. The second-order valence-corrected chi connectivity index (χ2v) is 4.83. The maximum Gasteiger partial charge on any atom is 0.306 e. The van der Waals surface area contributed by atoms with Gasteiger partial charge in [-0.25, -0.2) is 0 Å². The molecule has 92 valence electrons. The van der Waals surface area contributed by atoms with Crippen LogP contribution in [0.4, 0.5) is 0 Å². The maximum atomic E-state index is 11.3. The van der Waals surface area contributed by atoms with Crippen molar-refractivity contribution < 1.29 is 19.1 Å². The van der Waals surface area contributed by atoms with Crippen molar-refractivity contribution in [3.05, 3.63) is 0 Å². The molecule has 0 aromatic carbocycles. The van der Waals surface area contributed by atoms with E-state index in [0.29, 0.717) is 0 Å². The van der Waals surface area contributed by atoms with E-state index in [9.17, 15) is 14.4 Å². The molecule has 0 bridgehead atoms. The van der Waals surface area contributed by atoms with E-state index >= 15 is 0 Å². The third-order valence-electron chi connectivity index (χ3n) is 1.78. The molecular formula is C12H20O4. The van der Waals surface area contributed by atoms with Crippen molar-refractivity contribution in [2.24, 2.45) is 0 Å². The lowest BCUT2D eigenvalue weighted by molar-refractivity contribution is -0.155. The Morgan fingerprint density at radius 3 is 1.88 bits per heavy atom. The summed E-state index contributed by atoms with van der Waals surface area (Å²) in [6.07, 6.45) is 0.724. The zero-order chi connectivity index (χ0) is 12.8. The molecule has 0 aliphatic heterocycles. The van der Waals surface area contributed by atoms with Crippen molar-refractivity contribution >= 4 is 17.5 Å². The van der Waals surface area contributed by atoms with Gasteiger partial charge in [0.25, 0.3) is 0 Å². The van der Waals surface area contributed by atoms with Gasteiger partial charge in [0.05, 0.1) is 6.42 Å². The van der Waals surface area contributed by atoms with Gasteiger partial charge in [-0.3, -0.25) is 9.59 Å². The molecule has 0 aliphatic carbocycles. The third kappa shape index (κ3) is 9.37. The molecule has 0 radical (unpaired) electrons. The Balaban J connectivity index is 3.76. The van der Waals surface area contributed by atoms with Crippen LogP contribution in [0.3, 0.4) is 0 Å². The highest BCUT2D eigenvalue weighted by molar-refractivity contribution is 5.86. The molecule has 4 nitrogen and oxygen atoms in total. The number of ketones is 2. The van der Waals surface area contributed by atoms with Gasteiger partial charge in [-0.05, 0) is 27.7 Å². The summed E-state index contributed by atoms with van der Waals surface area (Å²) in [6.45, 7) is 6.79. The monoisotopic (exact) mass is 228 g/mol. The van der Waals surface area contributed by atoms with E-state index in [2.05, 4.69) is 0 Å². The topological polar surface area (TPSA) is 60.4 Å². The summed E-state index contributed by atoms with van der Waals surface area (Å²) >= 11 is 0. The largest absolute Gasteiger partial charge is 0.460 e. The molecule has 4 heteroatoms.